The summed E-state index contributed by atoms with van der Waals surface area (Å²) in [5.74, 6) is -17.3. The van der Waals surface area contributed by atoms with Crippen molar-refractivity contribution >= 4 is 122 Å². The number of unbranched alkanes of at least 4 members (excludes halogenated alkanes) is 5. The molecule has 7 N–H and O–H groups in total. The van der Waals surface area contributed by atoms with Crippen LogP contribution in [0.15, 0.2) is 0 Å². The van der Waals surface area contributed by atoms with Gasteiger partial charge >= 0.3 is 71.6 Å². The lowest BCUT2D eigenvalue weighted by Crippen LogP contribution is -2.69. The summed E-state index contributed by atoms with van der Waals surface area (Å²) >= 11 is 0. The fourth-order valence-electron chi connectivity index (χ4n) is 15.8. The summed E-state index contributed by atoms with van der Waals surface area (Å²) in [5.41, 5.74) is 0. The van der Waals surface area contributed by atoms with Gasteiger partial charge in [0.15, 0.2) is 36.6 Å². The van der Waals surface area contributed by atoms with E-state index in [1.165, 1.54) is 13.8 Å². The minimum Gasteiger partial charge on any atom is -0.465 e. The Morgan fingerprint density at radius 1 is 0.331 bits per heavy atom. The number of hydrogen-bond donors (Lipinski definition) is 7. The highest BCUT2D eigenvalue weighted by molar-refractivity contribution is 7.44. The van der Waals surface area contributed by atoms with E-state index >= 15 is 4.79 Å². The zero-order chi connectivity index (χ0) is 99.9. The van der Waals surface area contributed by atoms with Gasteiger partial charge in [0, 0.05) is 168 Å². The Morgan fingerprint density at radius 3 is 0.910 bits per heavy atom. The van der Waals surface area contributed by atoms with Crippen molar-refractivity contribution in [1.82, 2.24) is 41.9 Å². The van der Waals surface area contributed by atoms with E-state index in [1.54, 1.807) is 0 Å². The van der Waals surface area contributed by atoms with Crippen LogP contribution in [0.25, 0.3) is 0 Å². The number of rotatable bonds is 58. The van der Waals surface area contributed by atoms with E-state index in [0.717, 1.165) is 90.0 Å². The fraction of sp³-hybridized carbons (Fsp3) is 0.770. The standard InChI is InChI=1S/C87H138N9O36P/c1-47(2)96(48(3)4)133(122-42-30-36-88)123-43-64(31-20-25-37-89-69(112)33-22-27-39-116-81-72(91-49(5)97)84(130-61(17)109)78(127-58(14)106)65(44-119-52(8)100)75(81)124-55(11)103)94-87(115)68(95-71(114)35-24-29-41-118-83-74(93-51(7)99)86(132-63(19)111)80(129-60(16)108)67(46-121-54(10)102)77(83)126-57(13)105)32-21-26-38-90-70(113)34-23-28-40-117-82-73(92-50(6)98)85(131-62(18)110)79(128-59(15)107)66(45-120-53(9)101)76(82)125-56(12)104/h47-48,64-68,72-86H,20-35,37-46H2,1-19H3,(H,89,112)(H,90,113)(H,91,97)(H,92,98)(H,93,99)(H,94,115)(H,95,114). The van der Waals surface area contributed by atoms with Crippen molar-refractivity contribution in [2.75, 3.05) is 65.9 Å². The molecule has 7 amide bonds. The molecule has 0 aliphatic heterocycles. The van der Waals surface area contributed by atoms with Gasteiger partial charge < -0.3 is 117 Å². The highest BCUT2D eigenvalue weighted by Gasteiger charge is 2.61. The number of nitriles is 1. The molecule has 0 spiro atoms. The number of amides is 7. The molecule has 752 valence electrons. The Bertz CT molecular complexity index is 3900. The molecule has 3 aliphatic carbocycles. The molecule has 21 atom stereocenters. The Balaban J connectivity index is 1.98. The second-order valence-corrected chi connectivity index (χ2v) is 34.4. The Kier molecular flexibility index (Phi) is 54.0. The van der Waals surface area contributed by atoms with Gasteiger partial charge in [0.05, 0.1) is 67.6 Å². The fourth-order valence-corrected chi connectivity index (χ4v) is 17.5. The van der Waals surface area contributed by atoms with Crippen LogP contribution in [0.1, 0.15) is 234 Å². The number of nitrogens with zero attached hydrogens (tertiary/aromatic N) is 2. The molecule has 3 aliphatic rings. The van der Waals surface area contributed by atoms with Crippen LogP contribution in [0.4, 0.5) is 0 Å². The highest BCUT2D eigenvalue weighted by Crippen LogP contribution is 2.47. The SMILES string of the molecule is CC(=O)NC1C(OCCCCC(=O)NCCCCC(COP(OCCC#N)N(C(C)C)C(C)C)NC(=O)C(CCCCNC(=O)CCCCOC2C(NC(C)=O)C(OC(C)=O)C(OC(C)=O)C(COC(C)=O)C2OC(C)=O)NC(=O)CCCCOC2C(NC(C)=O)C(OC(C)=O)C(OC(C)=O)C(COC(C)=O)C2OC(C)=O)C(OC(C)=O)C(COC(C)=O)C(OC(C)=O)C1OC(C)=O. The maximum absolute atomic E-state index is 15.0. The quantitative estimate of drug-likeness (QED) is 0.0199. The number of carbonyl (C=O) groups is 19. The molecular formula is C87H138N9O36P. The first-order valence-corrected chi connectivity index (χ1v) is 45.8. The van der Waals surface area contributed by atoms with E-state index in [1.807, 2.05) is 32.4 Å². The summed E-state index contributed by atoms with van der Waals surface area (Å²) < 4.78 is 101. The van der Waals surface area contributed by atoms with Crippen LogP contribution in [-0.2, 0) is 171 Å². The Labute approximate surface area is 776 Å². The molecule has 45 nitrogen and oxygen atoms in total. The van der Waals surface area contributed by atoms with Crippen molar-refractivity contribution < 1.29 is 171 Å². The van der Waals surface area contributed by atoms with Gasteiger partial charge in [0.25, 0.3) is 8.53 Å². The van der Waals surface area contributed by atoms with Crippen molar-refractivity contribution in [2.24, 2.45) is 17.8 Å². The van der Waals surface area contributed by atoms with Crippen LogP contribution in [0.2, 0.25) is 0 Å². The largest absolute Gasteiger partial charge is 0.465 e. The molecule has 3 fully saturated rings. The third-order valence-corrected chi connectivity index (χ3v) is 22.9. The number of ether oxygens (including phenoxy) is 15. The van der Waals surface area contributed by atoms with E-state index in [2.05, 4.69) is 43.3 Å². The van der Waals surface area contributed by atoms with Crippen molar-refractivity contribution in [3.63, 3.8) is 0 Å². The maximum atomic E-state index is 15.0. The number of carbonyl (C=O) groups excluding carboxylic acids is 19. The van der Waals surface area contributed by atoms with Gasteiger partial charge in [-0.05, 0) is 105 Å². The summed E-state index contributed by atoms with van der Waals surface area (Å²) in [5, 5.41) is 29.2. The number of nitrogens with one attached hydrogen (secondary N) is 7. The second-order valence-electron chi connectivity index (χ2n) is 33.0. The molecule has 0 saturated heterocycles. The second kappa shape index (κ2) is 61.5. The van der Waals surface area contributed by atoms with Crippen LogP contribution in [0.3, 0.4) is 0 Å². The van der Waals surface area contributed by atoms with Crippen LogP contribution < -0.4 is 37.2 Å². The van der Waals surface area contributed by atoms with Gasteiger partial charge in [0.2, 0.25) is 41.4 Å². The van der Waals surface area contributed by atoms with Gasteiger partial charge in [-0.25, -0.2) is 4.67 Å². The van der Waals surface area contributed by atoms with Gasteiger partial charge in [0.1, 0.15) is 62.5 Å². The summed E-state index contributed by atoms with van der Waals surface area (Å²) in [6.45, 7) is 22.5. The molecule has 0 aromatic heterocycles. The molecule has 46 heteroatoms. The van der Waals surface area contributed by atoms with E-state index in [-0.39, 0.29) is 160 Å². The summed E-state index contributed by atoms with van der Waals surface area (Å²) in [6.07, 6.45) is -14.5. The minimum atomic E-state index is -1.87. The molecule has 21 unspecified atom stereocenters. The molecule has 3 saturated carbocycles. The topological polar surface area (TPSA) is 592 Å². The van der Waals surface area contributed by atoms with Gasteiger partial charge in [-0.3, -0.25) is 91.1 Å². The maximum Gasteiger partial charge on any atom is 0.303 e. The summed E-state index contributed by atoms with van der Waals surface area (Å²) in [4.78, 5) is 245. The first kappa shape index (κ1) is 117. The van der Waals surface area contributed by atoms with Crippen molar-refractivity contribution in [3.8, 4) is 6.07 Å². The van der Waals surface area contributed by atoms with Crippen molar-refractivity contribution in [3.05, 3.63) is 0 Å². The van der Waals surface area contributed by atoms with Gasteiger partial charge in [-0.1, -0.05) is 0 Å². The van der Waals surface area contributed by atoms with Crippen LogP contribution >= 0.6 is 8.53 Å². The van der Waals surface area contributed by atoms with Crippen LogP contribution in [0, 0.1) is 29.1 Å². The van der Waals surface area contributed by atoms with Crippen LogP contribution in [0.5, 0.6) is 0 Å². The zero-order valence-electron chi connectivity index (χ0n) is 79.6. The molecule has 0 radical (unpaired) electrons. The third-order valence-electron chi connectivity index (χ3n) is 20.8. The smallest absolute Gasteiger partial charge is 0.303 e. The van der Waals surface area contributed by atoms with E-state index in [0.29, 0.717) is 12.8 Å². The average molecular weight is 1920 g/mol. The minimum absolute atomic E-state index is 0.00451. The molecule has 0 aromatic carbocycles. The van der Waals surface area contributed by atoms with E-state index in [4.69, 9.17) is 80.1 Å². The predicted molar refractivity (Wildman–Crippen MR) is 463 cm³/mol. The van der Waals surface area contributed by atoms with E-state index in [9.17, 15) is 91.6 Å². The monoisotopic (exact) mass is 1920 g/mol. The molecule has 3 rings (SSSR count). The molecule has 0 heterocycles. The Morgan fingerprint density at radius 2 is 0.624 bits per heavy atom. The van der Waals surface area contributed by atoms with Gasteiger partial charge in [-0.15, -0.1) is 0 Å². The third kappa shape index (κ3) is 44.1. The lowest BCUT2D eigenvalue weighted by Gasteiger charge is -2.48. The molecule has 133 heavy (non-hydrogen) atoms. The summed E-state index contributed by atoms with van der Waals surface area (Å²) in [7, 11) is -1.87. The normalized spacial score (nSPS) is 23.7. The van der Waals surface area contributed by atoms with Gasteiger partial charge in [-0.2, -0.15) is 5.26 Å². The lowest BCUT2D eigenvalue weighted by atomic mass is 9.76. The molecule has 0 aromatic rings. The van der Waals surface area contributed by atoms with Crippen LogP contribution in [-0.4, -0.2) is 299 Å². The Hall–Kier alpha value is -10.4. The summed E-state index contributed by atoms with van der Waals surface area (Å²) in [6, 6.07) is -4.16. The molecule has 0 bridgehead atoms. The first-order valence-electron chi connectivity index (χ1n) is 44.6. The lowest BCUT2D eigenvalue weighted by molar-refractivity contribution is -0.224. The molecular weight excluding hydrogens is 1780 g/mol. The van der Waals surface area contributed by atoms with Crippen molar-refractivity contribution in [2.45, 2.75) is 350 Å². The predicted octanol–water partition coefficient (Wildman–Crippen LogP) is 2.97. The first-order chi connectivity index (χ1) is 62.7. The van der Waals surface area contributed by atoms with E-state index < -0.39 is 251 Å². The zero-order valence-corrected chi connectivity index (χ0v) is 80.5. The van der Waals surface area contributed by atoms with Crippen molar-refractivity contribution in [1.29, 1.82) is 5.26 Å². The highest BCUT2D eigenvalue weighted by atomic mass is 31.2. The number of hydrogen-bond acceptors (Lipinski definition) is 38. The number of esters is 12. The average Bonchev–Trinajstić information content (AvgIpc) is 0.770.